The van der Waals surface area contributed by atoms with Crippen LogP contribution >= 0.6 is 36.4 Å². The predicted molar refractivity (Wildman–Crippen MR) is 154 cm³/mol. The monoisotopic (exact) mass is 558 g/mol. The van der Waals surface area contributed by atoms with Gasteiger partial charge in [-0.15, -0.1) is 24.8 Å². The van der Waals surface area contributed by atoms with Crippen molar-refractivity contribution in [2.75, 3.05) is 36.8 Å². The average Bonchev–Trinajstić information content (AvgIpc) is 3.60. The van der Waals surface area contributed by atoms with Crippen molar-refractivity contribution in [3.63, 3.8) is 0 Å². The van der Waals surface area contributed by atoms with Crippen LogP contribution in [0.3, 0.4) is 0 Å². The van der Waals surface area contributed by atoms with Gasteiger partial charge in [-0.1, -0.05) is 17.7 Å². The van der Waals surface area contributed by atoms with E-state index in [4.69, 9.17) is 11.6 Å². The maximum atomic E-state index is 12.9. The second-order valence-electron chi connectivity index (χ2n) is 8.04. The van der Waals surface area contributed by atoms with Crippen LogP contribution in [0.4, 0.5) is 11.4 Å². The minimum absolute atomic E-state index is 0. The lowest BCUT2D eigenvalue weighted by Gasteiger charge is -2.12. The van der Waals surface area contributed by atoms with Gasteiger partial charge in [0.05, 0.1) is 29.2 Å². The van der Waals surface area contributed by atoms with E-state index in [0.29, 0.717) is 11.4 Å². The first-order valence-electron chi connectivity index (χ1n) is 11.3. The summed E-state index contributed by atoms with van der Waals surface area (Å²) in [5, 5.41) is 12.2. The number of nitrogens with one attached hydrogen (secondary N) is 4. The number of hydrogen-bond acceptors (Lipinski definition) is 6. The minimum Gasteiger partial charge on any atom is -0.368 e. The lowest BCUT2D eigenvalue weighted by Crippen LogP contribution is -2.20. The summed E-state index contributed by atoms with van der Waals surface area (Å²) >= 11 is 6.48. The fourth-order valence-electron chi connectivity index (χ4n) is 3.88. The van der Waals surface area contributed by atoms with Gasteiger partial charge in [-0.05, 0) is 60.7 Å². The fraction of sp³-hybridized carbons (Fsp3) is 0.154. The molecule has 2 heterocycles. The number of amidine groups is 2. The molecule has 0 spiro atoms. The van der Waals surface area contributed by atoms with Gasteiger partial charge < -0.3 is 21.3 Å². The zero-order valence-electron chi connectivity index (χ0n) is 19.6. The van der Waals surface area contributed by atoms with Gasteiger partial charge in [-0.3, -0.25) is 19.6 Å². The van der Waals surface area contributed by atoms with Gasteiger partial charge in [-0.25, -0.2) is 0 Å². The van der Waals surface area contributed by atoms with Crippen molar-refractivity contribution in [2.45, 2.75) is 0 Å². The third-order valence-electron chi connectivity index (χ3n) is 5.67. The highest BCUT2D eigenvalue weighted by atomic mass is 35.5. The van der Waals surface area contributed by atoms with Crippen LogP contribution in [0, 0.1) is 0 Å². The largest absolute Gasteiger partial charge is 0.368 e. The number of carbonyl (C=O) groups is 2. The molecular formula is C26H25Cl3N6O2. The molecule has 0 radical (unpaired) electrons. The van der Waals surface area contributed by atoms with Gasteiger partial charge in [0.2, 0.25) is 0 Å². The second kappa shape index (κ2) is 12.6. The summed E-state index contributed by atoms with van der Waals surface area (Å²) < 4.78 is 0. The van der Waals surface area contributed by atoms with Crippen LogP contribution in [0.1, 0.15) is 31.8 Å². The smallest absolute Gasteiger partial charge is 0.257 e. The Labute approximate surface area is 231 Å². The molecule has 5 rings (SSSR count). The maximum Gasteiger partial charge on any atom is 0.257 e. The lowest BCUT2D eigenvalue weighted by atomic mass is 10.1. The van der Waals surface area contributed by atoms with Gasteiger partial charge in [0.25, 0.3) is 11.8 Å². The molecule has 8 nitrogen and oxygen atoms in total. The van der Waals surface area contributed by atoms with Crippen LogP contribution < -0.4 is 21.3 Å². The summed E-state index contributed by atoms with van der Waals surface area (Å²) in [5.41, 5.74) is 3.57. The van der Waals surface area contributed by atoms with Gasteiger partial charge in [0, 0.05) is 35.6 Å². The van der Waals surface area contributed by atoms with E-state index < -0.39 is 11.8 Å². The van der Waals surface area contributed by atoms with E-state index in [-0.39, 0.29) is 41.0 Å². The highest BCUT2D eigenvalue weighted by molar-refractivity contribution is 6.38. The van der Waals surface area contributed by atoms with Crippen LogP contribution in [0.15, 0.2) is 76.7 Å². The first-order chi connectivity index (χ1) is 17.1. The molecule has 0 saturated carbocycles. The Balaban J connectivity index is 0.00000190. The molecule has 37 heavy (non-hydrogen) atoms. The standard InChI is InChI=1S/C26H23ClN6O2.2ClH/c27-22-20(25(34)32-18-8-4-16(5-9-18)23-28-12-13-29-23)2-1-3-21(22)26(35)33-19-10-6-17(7-11-19)24-30-14-15-31-24;;/h1-11H,12-15H2,(H,28,29)(H,30,31)(H,32,34)(H,33,35);2*1H. The van der Waals surface area contributed by atoms with E-state index in [2.05, 4.69) is 31.3 Å². The molecule has 3 aromatic carbocycles. The van der Waals surface area contributed by atoms with Crippen molar-refractivity contribution in [1.82, 2.24) is 10.6 Å². The van der Waals surface area contributed by atoms with Gasteiger partial charge in [0.15, 0.2) is 0 Å². The summed E-state index contributed by atoms with van der Waals surface area (Å²) in [7, 11) is 0. The molecule has 4 N–H and O–H groups in total. The SMILES string of the molecule is Cl.Cl.O=C(Nc1ccc(C2=NCCN2)cc1)c1cccc(C(=O)Nc2ccc(C3=NCCN3)cc2)c1Cl. The van der Waals surface area contributed by atoms with Crippen molar-refractivity contribution in [3.05, 3.63) is 94.0 Å². The molecule has 192 valence electrons. The Bertz CT molecular complexity index is 1240. The number of amides is 2. The van der Waals surface area contributed by atoms with Crippen LogP contribution in [0.5, 0.6) is 0 Å². The second-order valence-corrected chi connectivity index (χ2v) is 8.42. The van der Waals surface area contributed by atoms with Crippen LogP contribution in [-0.4, -0.2) is 49.7 Å². The molecule has 3 aromatic rings. The first-order valence-corrected chi connectivity index (χ1v) is 11.6. The van der Waals surface area contributed by atoms with E-state index in [9.17, 15) is 9.59 Å². The maximum absolute atomic E-state index is 12.9. The fourth-order valence-corrected chi connectivity index (χ4v) is 4.18. The molecule has 2 aliphatic heterocycles. The van der Waals surface area contributed by atoms with Crippen molar-refractivity contribution in [3.8, 4) is 0 Å². The average molecular weight is 560 g/mol. The normalized spacial score (nSPS) is 13.6. The number of halogens is 3. The highest BCUT2D eigenvalue weighted by Gasteiger charge is 2.19. The molecule has 0 atom stereocenters. The van der Waals surface area contributed by atoms with Crippen LogP contribution in [0.25, 0.3) is 0 Å². The molecule has 0 fully saturated rings. The van der Waals surface area contributed by atoms with E-state index in [1.807, 2.05) is 24.3 Å². The zero-order chi connectivity index (χ0) is 24.2. The number of anilines is 2. The Kier molecular flexibility index (Phi) is 9.52. The van der Waals surface area contributed by atoms with E-state index in [1.54, 1.807) is 42.5 Å². The summed E-state index contributed by atoms with van der Waals surface area (Å²) in [5.74, 6) is 0.900. The molecular weight excluding hydrogens is 535 g/mol. The lowest BCUT2D eigenvalue weighted by molar-refractivity contribution is 0.102. The van der Waals surface area contributed by atoms with Crippen molar-refractivity contribution < 1.29 is 9.59 Å². The van der Waals surface area contributed by atoms with Crippen LogP contribution in [0.2, 0.25) is 5.02 Å². The third kappa shape index (κ3) is 6.40. The summed E-state index contributed by atoms with van der Waals surface area (Å²) in [4.78, 5) is 34.6. The van der Waals surface area contributed by atoms with Gasteiger partial charge >= 0.3 is 0 Å². The molecule has 0 bridgehead atoms. The number of aliphatic imine (C=N–C) groups is 2. The topological polar surface area (TPSA) is 107 Å². The summed E-state index contributed by atoms with van der Waals surface area (Å²) in [6.07, 6.45) is 0. The summed E-state index contributed by atoms with van der Waals surface area (Å²) in [6.45, 7) is 3.17. The quantitative estimate of drug-likeness (QED) is 0.359. The predicted octanol–water partition coefficient (Wildman–Crippen LogP) is 4.39. The molecule has 0 unspecified atom stereocenters. The summed E-state index contributed by atoms with van der Waals surface area (Å²) in [6, 6.07) is 19.6. The molecule has 0 aromatic heterocycles. The van der Waals surface area contributed by atoms with Crippen molar-refractivity contribution in [1.29, 1.82) is 0 Å². The first kappa shape index (κ1) is 28.0. The van der Waals surface area contributed by atoms with Gasteiger partial charge in [0.1, 0.15) is 11.7 Å². The van der Waals surface area contributed by atoms with Crippen molar-refractivity contribution >= 4 is 71.3 Å². The third-order valence-corrected chi connectivity index (χ3v) is 6.08. The number of benzene rings is 3. The van der Waals surface area contributed by atoms with E-state index in [0.717, 1.165) is 49.0 Å². The van der Waals surface area contributed by atoms with E-state index in [1.165, 1.54) is 0 Å². The Morgan fingerprint density at radius 3 is 1.43 bits per heavy atom. The van der Waals surface area contributed by atoms with Crippen LogP contribution in [-0.2, 0) is 0 Å². The molecule has 2 aliphatic rings. The molecule has 0 saturated heterocycles. The number of nitrogens with zero attached hydrogens (tertiary/aromatic N) is 2. The Morgan fingerprint density at radius 1 is 0.676 bits per heavy atom. The molecule has 2 amide bonds. The number of rotatable bonds is 6. The van der Waals surface area contributed by atoms with E-state index >= 15 is 0 Å². The van der Waals surface area contributed by atoms with Gasteiger partial charge in [-0.2, -0.15) is 0 Å². The number of hydrogen-bond donors (Lipinski definition) is 4. The Hall–Kier alpha value is -3.59. The highest BCUT2D eigenvalue weighted by Crippen LogP contribution is 2.24. The van der Waals surface area contributed by atoms with Crippen molar-refractivity contribution in [2.24, 2.45) is 9.98 Å². The molecule has 0 aliphatic carbocycles. The minimum atomic E-state index is -0.400. The number of carbonyl (C=O) groups excluding carboxylic acids is 2. The zero-order valence-corrected chi connectivity index (χ0v) is 22.0. The Morgan fingerprint density at radius 2 is 1.08 bits per heavy atom. The molecule has 11 heteroatoms.